The molecule has 0 aliphatic carbocycles. The number of aromatic nitrogens is 4. The Morgan fingerprint density at radius 3 is 2.51 bits per heavy atom. The summed E-state index contributed by atoms with van der Waals surface area (Å²) in [4.78, 5) is 8.54. The van der Waals surface area contributed by atoms with Crippen molar-refractivity contribution in [3.8, 4) is 0 Å². The van der Waals surface area contributed by atoms with E-state index in [0.29, 0.717) is 31.1 Å². The van der Waals surface area contributed by atoms with Gasteiger partial charge in [-0.2, -0.15) is 13.9 Å². The lowest BCUT2D eigenvalue weighted by molar-refractivity contribution is 0.316. The fourth-order valence-electron chi connectivity index (χ4n) is 4.20. The molecular formula is C23H21BrF2N6O2S. The van der Waals surface area contributed by atoms with Crippen molar-refractivity contribution in [1.29, 1.82) is 0 Å². The first-order chi connectivity index (χ1) is 16.8. The number of fused-ring (bicyclic) bond motifs is 1. The number of sulfonamides is 1. The first-order valence-corrected chi connectivity index (χ1v) is 13.2. The monoisotopic (exact) mass is 562 g/mol. The summed E-state index contributed by atoms with van der Waals surface area (Å²) in [7, 11) is -4.00. The summed E-state index contributed by atoms with van der Waals surface area (Å²) in [5, 5.41) is 7.77. The highest BCUT2D eigenvalue weighted by molar-refractivity contribution is 9.10. The number of piperidine rings is 1. The summed E-state index contributed by atoms with van der Waals surface area (Å²) in [5.41, 5.74) is 2.49. The average Bonchev–Trinajstić information content (AvgIpc) is 3.23. The molecule has 0 unspecified atom stereocenters. The van der Waals surface area contributed by atoms with Gasteiger partial charge in [0.25, 0.3) is 0 Å². The maximum Gasteiger partial charge on any atom is 0.243 e. The van der Waals surface area contributed by atoms with Crippen LogP contribution in [0.1, 0.15) is 30.0 Å². The van der Waals surface area contributed by atoms with Crippen LogP contribution in [-0.2, 0) is 16.6 Å². The van der Waals surface area contributed by atoms with Crippen LogP contribution in [-0.4, -0.2) is 45.4 Å². The van der Waals surface area contributed by atoms with Crippen LogP contribution < -0.4 is 5.32 Å². The number of pyridine rings is 1. The van der Waals surface area contributed by atoms with Gasteiger partial charge in [0.2, 0.25) is 10.0 Å². The van der Waals surface area contributed by atoms with Gasteiger partial charge < -0.3 is 5.32 Å². The van der Waals surface area contributed by atoms with Crippen LogP contribution in [0.15, 0.2) is 64.4 Å². The lowest BCUT2D eigenvalue weighted by atomic mass is 9.94. The van der Waals surface area contributed by atoms with Crippen LogP contribution in [0.5, 0.6) is 0 Å². The third-order valence-corrected chi connectivity index (χ3v) is 8.43. The number of hydrogen-bond acceptors (Lipinski definition) is 6. The van der Waals surface area contributed by atoms with Crippen molar-refractivity contribution in [1.82, 2.24) is 23.9 Å². The Labute approximate surface area is 209 Å². The van der Waals surface area contributed by atoms with Gasteiger partial charge in [0.1, 0.15) is 17.5 Å². The minimum absolute atomic E-state index is 0.0106. The summed E-state index contributed by atoms with van der Waals surface area (Å²) >= 11 is 3.50. The second kappa shape index (κ2) is 9.59. The van der Waals surface area contributed by atoms with E-state index < -0.39 is 21.7 Å². The number of halogens is 3. The molecule has 0 radical (unpaired) electrons. The van der Waals surface area contributed by atoms with Gasteiger partial charge in [0.15, 0.2) is 5.65 Å². The zero-order valence-electron chi connectivity index (χ0n) is 18.4. The molecule has 12 heteroatoms. The van der Waals surface area contributed by atoms with Crippen LogP contribution >= 0.6 is 15.9 Å². The van der Waals surface area contributed by atoms with Gasteiger partial charge in [-0.05, 0) is 52.5 Å². The molecule has 182 valence electrons. The third-order valence-electron chi connectivity index (χ3n) is 5.99. The molecule has 0 spiro atoms. The molecule has 1 aliphatic heterocycles. The zero-order chi connectivity index (χ0) is 24.6. The van der Waals surface area contributed by atoms with E-state index in [-0.39, 0.29) is 23.9 Å². The first-order valence-electron chi connectivity index (χ1n) is 10.9. The van der Waals surface area contributed by atoms with E-state index in [9.17, 15) is 17.2 Å². The molecule has 0 saturated carbocycles. The topological polar surface area (TPSA) is 92.5 Å². The molecule has 1 aromatic carbocycles. The highest BCUT2D eigenvalue weighted by atomic mass is 79.9. The normalized spacial score (nSPS) is 15.5. The van der Waals surface area contributed by atoms with Gasteiger partial charge in [-0.3, -0.25) is 4.98 Å². The molecule has 4 aromatic rings. The maximum absolute atomic E-state index is 13.6. The van der Waals surface area contributed by atoms with E-state index >= 15 is 0 Å². The van der Waals surface area contributed by atoms with Crippen molar-refractivity contribution in [2.45, 2.75) is 30.2 Å². The van der Waals surface area contributed by atoms with E-state index in [1.807, 2.05) is 18.2 Å². The van der Waals surface area contributed by atoms with Gasteiger partial charge in [0, 0.05) is 55.8 Å². The number of nitrogens with zero attached hydrogens (tertiary/aromatic N) is 5. The van der Waals surface area contributed by atoms with Gasteiger partial charge >= 0.3 is 0 Å². The standard InChI is InChI=1S/C23H21BrF2N6O2S/c24-20-14-29-32-22(28-13-15-2-1-5-27-12-15)11-21(30-23(20)32)16-3-6-31(7-4-16)35(33,34)19-9-17(25)8-18(26)10-19/h1-2,5,8-12,14,16,28H,3-4,6-7,13H2. The summed E-state index contributed by atoms with van der Waals surface area (Å²) < 4.78 is 56.8. The Morgan fingerprint density at radius 1 is 1.09 bits per heavy atom. The first kappa shape index (κ1) is 23.8. The van der Waals surface area contributed by atoms with Crippen LogP contribution in [0.3, 0.4) is 0 Å². The number of hydrogen-bond donors (Lipinski definition) is 1. The third kappa shape index (κ3) is 4.91. The molecule has 1 saturated heterocycles. The van der Waals surface area contributed by atoms with Crippen LogP contribution in [0.4, 0.5) is 14.6 Å². The van der Waals surface area contributed by atoms with E-state index in [4.69, 9.17) is 4.98 Å². The fraction of sp³-hybridized carbons (Fsp3) is 0.261. The van der Waals surface area contributed by atoms with Gasteiger partial charge in [-0.1, -0.05) is 6.07 Å². The van der Waals surface area contributed by atoms with E-state index in [1.54, 1.807) is 23.1 Å². The Hall–Kier alpha value is -2.96. The van der Waals surface area contributed by atoms with E-state index in [2.05, 4.69) is 31.3 Å². The molecule has 1 fully saturated rings. The molecule has 1 aliphatic rings. The summed E-state index contributed by atoms with van der Waals surface area (Å²) in [6.45, 7) is 0.985. The molecule has 1 N–H and O–H groups in total. The van der Waals surface area contributed by atoms with Crippen molar-refractivity contribution in [2.75, 3.05) is 18.4 Å². The predicted molar refractivity (Wildman–Crippen MR) is 129 cm³/mol. The lowest BCUT2D eigenvalue weighted by Gasteiger charge is -2.31. The van der Waals surface area contributed by atoms with Crippen molar-refractivity contribution >= 4 is 37.4 Å². The Balaban J connectivity index is 1.36. The Bertz CT molecular complexity index is 1450. The second-order valence-electron chi connectivity index (χ2n) is 8.29. The fourth-order valence-corrected chi connectivity index (χ4v) is 6.06. The van der Waals surface area contributed by atoms with Crippen molar-refractivity contribution in [3.63, 3.8) is 0 Å². The highest BCUT2D eigenvalue weighted by Gasteiger charge is 2.31. The number of nitrogens with one attached hydrogen (secondary N) is 1. The number of anilines is 1. The highest BCUT2D eigenvalue weighted by Crippen LogP contribution is 2.32. The predicted octanol–water partition coefficient (Wildman–Crippen LogP) is 4.35. The molecule has 0 atom stereocenters. The largest absolute Gasteiger partial charge is 0.366 e. The van der Waals surface area contributed by atoms with Gasteiger partial charge in [-0.25, -0.2) is 22.2 Å². The molecule has 5 rings (SSSR count). The van der Waals surface area contributed by atoms with E-state index in [0.717, 1.165) is 33.7 Å². The van der Waals surface area contributed by atoms with Gasteiger partial charge in [-0.15, -0.1) is 0 Å². The van der Waals surface area contributed by atoms with Crippen molar-refractivity contribution in [3.05, 3.63) is 82.4 Å². The minimum atomic E-state index is -4.00. The zero-order valence-corrected chi connectivity index (χ0v) is 20.8. The summed E-state index contributed by atoms with van der Waals surface area (Å²) in [5.74, 6) is -1.08. The van der Waals surface area contributed by atoms with Crippen LogP contribution in [0.2, 0.25) is 0 Å². The minimum Gasteiger partial charge on any atom is -0.366 e. The molecule has 0 bridgehead atoms. The quantitative estimate of drug-likeness (QED) is 0.375. The van der Waals surface area contributed by atoms with Crippen molar-refractivity contribution in [2.24, 2.45) is 0 Å². The van der Waals surface area contributed by atoms with Crippen LogP contribution in [0.25, 0.3) is 5.65 Å². The number of benzene rings is 1. The smallest absolute Gasteiger partial charge is 0.243 e. The molecule has 4 heterocycles. The molecular weight excluding hydrogens is 542 g/mol. The van der Waals surface area contributed by atoms with Gasteiger partial charge in [0.05, 0.1) is 15.6 Å². The molecule has 0 amide bonds. The number of rotatable bonds is 6. The SMILES string of the molecule is O=S(=O)(c1cc(F)cc(F)c1)N1CCC(c2cc(NCc3cccnc3)n3ncc(Br)c3n2)CC1. The molecule has 3 aromatic heterocycles. The Kier molecular flexibility index (Phi) is 6.51. The second-order valence-corrected chi connectivity index (χ2v) is 11.1. The maximum atomic E-state index is 13.6. The Morgan fingerprint density at radius 2 is 1.83 bits per heavy atom. The van der Waals surface area contributed by atoms with E-state index in [1.165, 1.54) is 4.31 Å². The van der Waals surface area contributed by atoms with Crippen LogP contribution in [0, 0.1) is 11.6 Å². The average molecular weight is 563 g/mol. The summed E-state index contributed by atoms with van der Waals surface area (Å²) in [6, 6.07) is 8.11. The lowest BCUT2D eigenvalue weighted by Crippen LogP contribution is -2.38. The summed E-state index contributed by atoms with van der Waals surface area (Å²) in [6.07, 6.45) is 6.22. The van der Waals surface area contributed by atoms with Crippen molar-refractivity contribution < 1.29 is 17.2 Å². The molecule has 8 nitrogen and oxygen atoms in total. The molecule has 35 heavy (non-hydrogen) atoms.